The lowest BCUT2D eigenvalue weighted by Crippen LogP contribution is -2.28. The van der Waals surface area contributed by atoms with Crippen LogP contribution in [-0.4, -0.2) is 25.7 Å². The number of anilines is 1. The van der Waals surface area contributed by atoms with Crippen LogP contribution in [0.3, 0.4) is 0 Å². The quantitative estimate of drug-likeness (QED) is 0.599. The number of nitrogens with two attached hydrogens (primary N) is 1. The standard InChI is InChI=1S/C14H22N2O2/c1-10(2)9-18-7-6-16-14(17)13-8-12(15)5-4-11(13)3/h4-5,8,10H,6-7,9,15H2,1-3H3,(H,16,17). The molecule has 0 heterocycles. The summed E-state index contributed by atoms with van der Waals surface area (Å²) < 4.78 is 5.40. The summed E-state index contributed by atoms with van der Waals surface area (Å²) in [6.45, 7) is 7.84. The molecule has 0 aliphatic rings. The number of carbonyl (C=O) groups excluding carboxylic acids is 1. The van der Waals surface area contributed by atoms with Crippen molar-refractivity contribution in [2.24, 2.45) is 5.92 Å². The summed E-state index contributed by atoms with van der Waals surface area (Å²) in [6.07, 6.45) is 0. The molecule has 0 fully saturated rings. The van der Waals surface area contributed by atoms with Gasteiger partial charge in [0, 0.05) is 24.4 Å². The molecular weight excluding hydrogens is 228 g/mol. The highest BCUT2D eigenvalue weighted by atomic mass is 16.5. The number of carbonyl (C=O) groups is 1. The lowest BCUT2D eigenvalue weighted by atomic mass is 10.1. The minimum atomic E-state index is -0.104. The van der Waals surface area contributed by atoms with Gasteiger partial charge in [0.2, 0.25) is 0 Å². The molecule has 0 unspecified atom stereocenters. The summed E-state index contributed by atoms with van der Waals surface area (Å²) in [5.74, 6) is 0.407. The fraction of sp³-hybridized carbons (Fsp3) is 0.500. The molecule has 0 saturated carbocycles. The summed E-state index contributed by atoms with van der Waals surface area (Å²) in [4.78, 5) is 11.9. The number of benzene rings is 1. The Balaban J connectivity index is 2.39. The van der Waals surface area contributed by atoms with Crippen LogP contribution in [0.25, 0.3) is 0 Å². The molecule has 0 atom stereocenters. The van der Waals surface area contributed by atoms with Gasteiger partial charge >= 0.3 is 0 Å². The molecule has 1 rings (SSSR count). The Morgan fingerprint density at radius 2 is 2.17 bits per heavy atom. The van der Waals surface area contributed by atoms with Crippen LogP contribution in [0.15, 0.2) is 18.2 Å². The number of rotatable bonds is 6. The number of aryl methyl sites for hydroxylation is 1. The summed E-state index contributed by atoms with van der Waals surface area (Å²) in [6, 6.07) is 5.33. The molecule has 1 amide bonds. The van der Waals surface area contributed by atoms with Gasteiger partial charge in [0.1, 0.15) is 0 Å². The molecule has 100 valence electrons. The van der Waals surface area contributed by atoms with E-state index < -0.39 is 0 Å². The second-order valence-corrected chi connectivity index (χ2v) is 4.80. The average molecular weight is 250 g/mol. The largest absolute Gasteiger partial charge is 0.399 e. The number of ether oxygens (including phenoxy) is 1. The van der Waals surface area contributed by atoms with Crippen LogP contribution < -0.4 is 11.1 Å². The van der Waals surface area contributed by atoms with Gasteiger partial charge in [0.25, 0.3) is 5.91 Å². The highest BCUT2D eigenvalue weighted by molar-refractivity contribution is 5.96. The van der Waals surface area contributed by atoms with Crippen LogP contribution in [0.5, 0.6) is 0 Å². The number of amides is 1. The number of hydrogen-bond donors (Lipinski definition) is 2. The molecule has 0 aliphatic heterocycles. The van der Waals surface area contributed by atoms with Crippen molar-refractivity contribution in [3.63, 3.8) is 0 Å². The monoisotopic (exact) mass is 250 g/mol. The summed E-state index contributed by atoms with van der Waals surface area (Å²) in [5.41, 5.74) is 7.81. The predicted molar refractivity (Wildman–Crippen MR) is 73.6 cm³/mol. The molecule has 1 aromatic carbocycles. The van der Waals surface area contributed by atoms with Crippen molar-refractivity contribution >= 4 is 11.6 Å². The van der Waals surface area contributed by atoms with Crippen molar-refractivity contribution in [3.05, 3.63) is 29.3 Å². The lowest BCUT2D eigenvalue weighted by Gasteiger charge is -2.10. The summed E-state index contributed by atoms with van der Waals surface area (Å²) in [7, 11) is 0. The Kier molecular flexibility index (Phi) is 5.65. The third-order valence-electron chi connectivity index (χ3n) is 2.49. The molecule has 0 aliphatic carbocycles. The van der Waals surface area contributed by atoms with Gasteiger partial charge in [-0.3, -0.25) is 4.79 Å². The van der Waals surface area contributed by atoms with Crippen LogP contribution in [0, 0.1) is 12.8 Å². The predicted octanol–water partition coefficient (Wildman–Crippen LogP) is 1.98. The first kappa shape index (κ1) is 14.5. The Morgan fingerprint density at radius 3 is 2.83 bits per heavy atom. The Morgan fingerprint density at radius 1 is 1.44 bits per heavy atom. The van der Waals surface area contributed by atoms with Gasteiger partial charge in [-0.15, -0.1) is 0 Å². The van der Waals surface area contributed by atoms with E-state index in [1.807, 2.05) is 13.0 Å². The van der Waals surface area contributed by atoms with E-state index in [4.69, 9.17) is 10.5 Å². The van der Waals surface area contributed by atoms with Crippen molar-refractivity contribution in [2.75, 3.05) is 25.5 Å². The zero-order valence-corrected chi connectivity index (χ0v) is 11.3. The van der Waals surface area contributed by atoms with E-state index in [1.165, 1.54) is 0 Å². The van der Waals surface area contributed by atoms with Crippen molar-refractivity contribution < 1.29 is 9.53 Å². The van der Waals surface area contributed by atoms with Gasteiger partial charge in [-0.05, 0) is 30.5 Å². The third kappa shape index (κ3) is 4.75. The SMILES string of the molecule is Cc1ccc(N)cc1C(=O)NCCOCC(C)C. The molecule has 0 bridgehead atoms. The molecule has 18 heavy (non-hydrogen) atoms. The third-order valence-corrected chi connectivity index (χ3v) is 2.49. The van der Waals surface area contributed by atoms with Crippen LogP contribution in [-0.2, 0) is 4.74 Å². The molecule has 1 aromatic rings. The van der Waals surface area contributed by atoms with Gasteiger partial charge in [0.05, 0.1) is 6.61 Å². The smallest absolute Gasteiger partial charge is 0.251 e. The molecule has 0 spiro atoms. The lowest BCUT2D eigenvalue weighted by molar-refractivity contribution is 0.0886. The maximum Gasteiger partial charge on any atom is 0.251 e. The van der Waals surface area contributed by atoms with E-state index in [0.29, 0.717) is 36.9 Å². The fourth-order valence-electron chi connectivity index (χ4n) is 1.54. The molecule has 4 nitrogen and oxygen atoms in total. The second-order valence-electron chi connectivity index (χ2n) is 4.80. The Hall–Kier alpha value is -1.55. The first-order valence-corrected chi connectivity index (χ1v) is 6.22. The molecule has 3 N–H and O–H groups in total. The first-order chi connectivity index (χ1) is 8.50. The van der Waals surface area contributed by atoms with Gasteiger partial charge < -0.3 is 15.8 Å². The first-order valence-electron chi connectivity index (χ1n) is 6.22. The maximum atomic E-state index is 11.9. The minimum absolute atomic E-state index is 0.104. The Bertz CT molecular complexity index is 403. The van der Waals surface area contributed by atoms with Crippen LogP contribution in [0.1, 0.15) is 29.8 Å². The topological polar surface area (TPSA) is 64.4 Å². The van der Waals surface area contributed by atoms with Gasteiger partial charge in [-0.1, -0.05) is 19.9 Å². The second kappa shape index (κ2) is 7.01. The van der Waals surface area contributed by atoms with E-state index >= 15 is 0 Å². The zero-order chi connectivity index (χ0) is 13.5. The molecule has 0 saturated heterocycles. The molecular formula is C14H22N2O2. The highest BCUT2D eigenvalue weighted by Gasteiger charge is 2.08. The zero-order valence-electron chi connectivity index (χ0n) is 11.3. The number of hydrogen-bond acceptors (Lipinski definition) is 3. The Labute approximate surface area is 109 Å². The molecule has 4 heteroatoms. The van der Waals surface area contributed by atoms with E-state index in [1.54, 1.807) is 12.1 Å². The average Bonchev–Trinajstić information content (AvgIpc) is 2.31. The van der Waals surface area contributed by atoms with Gasteiger partial charge in [-0.25, -0.2) is 0 Å². The summed E-state index contributed by atoms with van der Waals surface area (Å²) in [5, 5.41) is 2.82. The van der Waals surface area contributed by atoms with E-state index in [0.717, 1.165) is 5.56 Å². The van der Waals surface area contributed by atoms with Crippen molar-refractivity contribution in [2.45, 2.75) is 20.8 Å². The van der Waals surface area contributed by atoms with Gasteiger partial charge in [0.15, 0.2) is 0 Å². The molecule has 0 aromatic heterocycles. The van der Waals surface area contributed by atoms with Crippen molar-refractivity contribution in [3.8, 4) is 0 Å². The number of nitrogens with one attached hydrogen (secondary N) is 1. The molecule has 0 radical (unpaired) electrons. The fourth-order valence-corrected chi connectivity index (χ4v) is 1.54. The minimum Gasteiger partial charge on any atom is -0.399 e. The van der Waals surface area contributed by atoms with E-state index in [2.05, 4.69) is 19.2 Å². The van der Waals surface area contributed by atoms with E-state index in [-0.39, 0.29) is 5.91 Å². The van der Waals surface area contributed by atoms with Crippen LogP contribution >= 0.6 is 0 Å². The van der Waals surface area contributed by atoms with Crippen LogP contribution in [0.4, 0.5) is 5.69 Å². The van der Waals surface area contributed by atoms with Crippen LogP contribution in [0.2, 0.25) is 0 Å². The normalized spacial score (nSPS) is 10.7. The maximum absolute atomic E-state index is 11.9. The van der Waals surface area contributed by atoms with E-state index in [9.17, 15) is 4.79 Å². The van der Waals surface area contributed by atoms with Crippen molar-refractivity contribution in [1.29, 1.82) is 0 Å². The summed E-state index contributed by atoms with van der Waals surface area (Å²) >= 11 is 0. The van der Waals surface area contributed by atoms with Gasteiger partial charge in [-0.2, -0.15) is 0 Å². The van der Waals surface area contributed by atoms with Crippen molar-refractivity contribution in [1.82, 2.24) is 5.32 Å². The number of nitrogen functional groups attached to an aromatic ring is 1. The highest BCUT2D eigenvalue weighted by Crippen LogP contribution is 2.12.